The van der Waals surface area contributed by atoms with Gasteiger partial charge in [0, 0.05) is 19.6 Å². The quantitative estimate of drug-likeness (QED) is 0.860. The van der Waals surface area contributed by atoms with E-state index in [1.54, 1.807) is 6.20 Å². The molecule has 0 spiro atoms. The number of pyridine rings is 1. The van der Waals surface area contributed by atoms with Gasteiger partial charge in [-0.15, -0.1) is 0 Å². The molecule has 2 aromatic rings. The molecular weight excluding hydrogens is 312 g/mol. The summed E-state index contributed by atoms with van der Waals surface area (Å²) in [7, 11) is 2.01. The second-order valence-electron chi connectivity index (χ2n) is 6.68. The Morgan fingerprint density at radius 1 is 1.12 bits per heavy atom. The fourth-order valence-corrected chi connectivity index (χ4v) is 3.22. The van der Waals surface area contributed by atoms with Crippen molar-refractivity contribution in [2.24, 2.45) is 0 Å². The minimum absolute atomic E-state index is 0.140. The maximum absolute atomic E-state index is 12.1. The molecule has 1 heterocycles. The molecule has 0 bridgehead atoms. The molecule has 0 unspecified atom stereocenters. The lowest BCUT2D eigenvalue weighted by Gasteiger charge is -2.23. The maximum atomic E-state index is 12.1. The fraction of sp³-hybridized carbons (Fsp3) is 0.400. The van der Waals surface area contributed by atoms with Crippen LogP contribution in [0.3, 0.4) is 0 Å². The van der Waals surface area contributed by atoms with Crippen LogP contribution in [-0.4, -0.2) is 24.1 Å². The first-order chi connectivity index (χ1) is 12.2. The summed E-state index contributed by atoms with van der Waals surface area (Å²) in [6.07, 6.45) is 7.55. The molecule has 25 heavy (non-hydrogen) atoms. The van der Waals surface area contributed by atoms with Gasteiger partial charge >= 0.3 is 6.03 Å². The molecule has 0 atom stereocenters. The number of carbonyl (C=O) groups is 1. The smallest absolute Gasteiger partial charge is 0.319 e. The Labute approximate surface area is 149 Å². The molecule has 132 valence electrons. The molecular formula is C20H26N4O. The summed E-state index contributed by atoms with van der Waals surface area (Å²) < 4.78 is 0. The van der Waals surface area contributed by atoms with Gasteiger partial charge < -0.3 is 15.5 Å². The van der Waals surface area contributed by atoms with Crippen molar-refractivity contribution in [2.45, 2.75) is 44.7 Å². The first kappa shape index (κ1) is 17.3. The lowest BCUT2D eigenvalue weighted by atomic mass is 9.96. The van der Waals surface area contributed by atoms with Gasteiger partial charge in [-0.2, -0.15) is 0 Å². The average Bonchev–Trinajstić information content (AvgIpc) is 2.64. The standard InChI is InChI=1S/C20H26N4O/c1-24(15-16-8-4-2-5-9-16)19-13-12-18(14-21-19)23-20(25)22-17-10-6-3-7-11-17/h2,4-5,8-9,12-14,17H,3,6-7,10-11,15H2,1H3,(H2,22,23,25). The Morgan fingerprint density at radius 2 is 1.88 bits per heavy atom. The summed E-state index contributed by atoms with van der Waals surface area (Å²) in [5.41, 5.74) is 1.95. The Morgan fingerprint density at radius 3 is 2.56 bits per heavy atom. The fourth-order valence-electron chi connectivity index (χ4n) is 3.22. The van der Waals surface area contributed by atoms with Gasteiger partial charge in [-0.3, -0.25) is 0 Å². The van der Waals surface area contributed by atoms with Gasteiger partial charge in [0.05, 0.1) is 11.9 Å². The van der Waals surface area contributed by atoms with Gasteiger partial charge in [-0.1, -0.05) is 49.6 Å². The molecule has 1 saturated carbocycles. The summed E-state index contributed by atoms with van der Waals surface area (Å²) >= 11 is 0. The Kier molecular flexibility index (Phi) is 5.88. The largest absolute Gasteiger partial charge is 0.355 e. The van der Waals surface area contributed by atoms with Crippen LogP contribution in [0, 0.1) is 0 Å². The molecule has 1 aromatic heterocycles. The zero-order valence-electron chi connectivity index (χ0n) is 14.7. The lowest BCUT2D eigenvalue weighted by molar-refractivity contribution is 0.244. The van der Waals surface area contributed by atoms with Crippen LogP contribution in [0.4, 0.5) is 16.3 Å². The number of nitrogens with one attached hydrogen (secondary N) is 2. The highest BCUT2D eigenvalue weighted by Crippen LogP contribution is 2.18. The highest BCUT2D eigenvalue weighted by atomic mass is 16.2. The van der Waals surface area contributed by atoms with Crippen LogP contribution in [0.2, 0.25) is 0 Å². The normalized spacial score (nSPS) is 14.8. The number of hydrogen-bond donors (Lipinski definition) is 2. The molecule has 3 rings (SSSR count). The van der Waals surface area contributed by atoms with Crippen molar-refractivity contribution in [3.8, 4) is 0 Å². The summed E-state index contributed by atoms with van der Waals surface area (Å²) in [5.74, 6) is 0.877. The van der Waals surface area contributed by atoms with E-state index in [9.17, 15) is 4.79 Å². The molecule has 2 amide bonds. The first-order valence-electron chi connectivity index (χ1n) is 8.99. The summed E-state index contributed by atoms with van der Waals surface area (Å²) in [4.78, 5) is 18.6. The summed E-state index contributed by atoms with van der Waals surface area (Å²) in [5, 5.41) is 5.92. The molecule has 1 aliphatic carbocycles. The minimum Gasteiger partial charge on any atom is -0.355 e. The molecule has 0 radical (unpaired) electrons. The first-order valence-corrected chi connectivity index (χ1v) is 8.99. The molecule has 1 aliphatic rings. The summed E-state index contributed by atoms with van der Waals surface area (Å²) in [6.45, 7) is 0.794. The number of carbonyl (C=O) groups excluding carboxylic acids is 1. The van der Waals surface area contributed by atoms with Crippen LogP contribution in [0.25, 0.3) is 0 Å². The van der Waals surface area contributed by atoms with Crippen molar-refractivity contribution < 1.29 is 4.79 Å². The van der Waals surface area contributed by atoms with Crippen LogP contribution >= 0.6 is 0 Å². The van der Waals surface area contributed by atoms with E-state index in [4.69, 9.17) is 0 Å². The van der Waals surface area contributed by atoms with E-state index in [0.29, 0.717) is 11.7 Å². The third-order valence-corrected chi connectivity index (χ3v) is 4.60. The van der Waals surface area contributed by atoms with Crippen LogP contribution in [0.5, 0.6) is 0 Å². The molecule has 2 N–H and O–H groups in total. The van der Waals surface area contributed by atoms with Gasteiger partial charge in [0.15, 0.2) is 0 Å². The maximum Gasteiger partial charge on any atom is 0.319 e. The second-order valence-corrected chi connectivity index (χ2v) is 6.68. The second kappa shape index (κ2) is 8.51. The number of aromatic nitrogens is 1. The molecule has 0 saturated heterocycles. The number of benzene rings is 1. The van der Waals surface area contributed by atoms with Gasteiger partial charge in [-0.05, 0) is 30.5 Å². The molecule has 5 heteroatoms. The highest BCUT2D eigenvalue weighted by molar-refractivity contribution is 5.89. The van der Waals surface area contributed by atoms with Crippen molar-refractivity contribution in [1.82, 2.24) is 10.3 Å². The van der Waals surface area contributed by atoms with E-state index in [1.165, 1.54) is 24.8 Å². The zero-order chi connectivity index (χ0) is 17.5. The van der Waals surface area contributed by atoms with Crippen molar-refractivity contribution in [2.75, 3.05) is 17.3 Å². The van der Waals surface area contributed by atoms with Crippen molar-refractivity contribution >= 4 is 17.5 Å². The van der Waals surface area contributed by atoms with Crippen molar-refractivity contribution in [1.29, 1.82) is 0 Å². The number of amides is 2. The predicted molar refractivity (Wildman–Crippen MR) is 102 cm³/mol. The third kappa shape index (κ3) is 5.21. The van der Waals surface area contributed by atoms with E-state index in [2.05, 4.69) is 32.7 Å². The van der Waals surface area contributed by atoms with E-state index in [-0.39, 0.29) is 6.03 Å². The minimum atomic E-state index is -0.140. The van der Waals surface area contributed by atoms with Gasteiger partial charge in [0.25, 0.3) is 0 Å². The molecule has 1 aromatic carbocycles. The van der Waals surface area contributed by atoms with Gasteiger partial charge in [0.1, 0.15) is 5.82 Å². The Balaban J connectivity index is 1.51. The third-order valence-electron chi connectivity index (χ3n) is 4.60. The van der Waals surface area contributed by atoms with E-state index < -0.39 is 0 Å². The van der Waals surface area contributed by atoms with Gasteiger partial charge in [0.2, 0.25) is 0 Å². The Bertz CT molecular complexity index is 666. The number of anilines is 2. The van der Waals surface area contributed by atoms with Crippen LogP contribution in [0.15, 0.2) is 48.7 Å². The monoisotopic (exact) mass is 338 g/mol. The lowest BCUT2D eigenvalue weighted by Crippen LogP contribution is -2.39. The number of urea groups is 1. The van der Waals surface area contributed by atoms with E-state index >= 15 is 0 Å². The molecule has 1 fully saturated rings. The molecule has 0 aliphatic heterocycles. The van der Waals surface area contributed by atoms with Crippen LogP contribution in [-0.2, 0) is 6.54 Å². The van der Waals surface area contributed by atoms with Gasteiger partial charge in [-0.25, -0.2) is 9.78 Å². The van der Waals surface area contributed by atoms with Crippen molar-refractivity contribution in [3.05, 3.63) is 54.2 Å². The summed E-state index contributed by atoms with van der Waals surface area (Å²) in [6, 6.07) is 14.3. The predicted octanol–water partition coefficient (Wildman–Crippen LogP) is 4.17. The molecule has 5 nitrogen and oxygen atoms in total. The number of rotatable bonds is 5. The van der Waals surface area contributed by atoms with Crippen LogP contribution < -0.4 is 15.5 Å². The van der Waals surface area contributed by atoms with E-state index in [1.807, 2.05) is 37.4 Å². The highest BCUT2D eigenvalue weighted by Gasteiger charge is 2.15. The topological polar surface area (TPSA) is 57.3 Å². The van der Waals surface area contributed by atoms with Crippen molar-refractivity contribution in [3.63, 3.8) is 0 Å². The van der Waals surface area contributed by atoms with Crippen LogP contribution in [0.1, 0.15) is 37.7 Å². The number of hydrogen-bond acceptors (Lipinski definition) is 3. The Hall–Kier alpha value is -2.56. The number of nitrogens with zero attached hydrogens (tertiary/aromatic N) is 2. The SMILES string of the molecule is CN(Cc1ccccc1)c1ccc(NC(=O)NC2CCCCC2)cn1. The van der Waals surface area contributed by atoms with E-state index in [0.717, 1.165) is 25.2 Å². The average molecular weight is 338 g/mol. The zero-order valence-corrected chi connectivity index (χ0v) is 14.7.